The quantitative estimate of drug-likeness (QED) is 0.744. The first-order valence-corrected chi connectivity index (χ1v) is 6.70. The summed E-state index contributed by atoms with van der Waals surface area (Å²) < 4.78 is 5.75. The minimum Gasteiger partial charge on any atom is -0.374 e. The third-order valence-corrected chi connectivity index (χ3v) is 4.30. The number of nitrogens with zero attached hydrogens (tertiary/aromatic N) is 1. The molecule has 0 aromatic rings. The van der Waals surface area contributed by atoms with Crippen LogP contribution < -0.4 is 5.73 Å². The zero-order valence-corrected chi connectivity index (χ0v) is 11.1. The Balaban J connectivity index is 2.04. The zero-order valence-electron chi connectivity index (χ0n) is 11.1. The molecule has 1 amide bonds. The van der Waals surface area contributed by atoms with E-state index in [1.54, 1.807) is 0 Å². The summed E-state index contributed by atoms with van der Waals surface area (Å²) in [6, 6.07) is 0.151. The normalized spacial score (nSPS) is 42.8. The molecule has 2 aliphatic heterocycles. The van der Waals surface area contributed by atoms with Gasteiger partial charge in [0.05, 0.1) is 18.1 Å². The number of carbonyl (C=O) groups excluding carboxylic acids is 1. The second kappa shape index (κ2) is 4.94. The van der Waals surface area contributed by atoms with Gasteiger partial charge in [-0.3, -0.25) is 4.79 Å². The number of ether oxygens (including phenoxy) is 1. The largest absolute Gasteiger partial charge is 0.374 e. The van der Waals surface area contributed by atoms with Gasteiger partial charge in [-0.05, 0) is 32.6 Å². The average molecular weight is 240 g/mol. The number of piperidine rings is 1. The van der Waals surface area contributed by atoms with Gasteiger partial charge in [0, 0.05) is 19.1 Å². The number of hydrogen-bond acceptors (Lipinski definition) is 3. The molecule has 5 atom stereocenters. The van der Waals surface area contributed by atoms with Crippen molar-refractivity contribution in [1.29, 1.82) is 0 Å². The molecule has 17 heavy (non-hydrogen) atoms. The van der Waals surface area contributed by atoms with Crippen molar-refractivity contribution in [2.24, 2.45) is 17.6 Å². The maximum atomic E-state index is 12.5. The fraction of sp³-hybridized carbons (Fsp3) is 0.923. The summed E-state index contributed by atoms with van der Waals surface area (Å²) >= 11 is 0. The van der Waals surface area contributed by atoms with Crippen molar-refractivity contribution < 1.29 is 9.53 Å². The first kappa shape index (κ1) is 12.8. The second-order valence-corrected chi connectivity index (χ2v) is 5.62. The first-order chi connectivity index (χ1) is 8.00. The van der Waals surface area contributed by atoms with Crippen LogP contribution in [0.25, 0.3) is 0 Å². The van der Waals surface area contributed by atoms with Crippen LogP contribution >= 0.6 is 0 Å². The third-order valence-electron chi connectivity index (χ3n) is 4.30. The Bertz CT molecular complexity index is 295. The lowest BCUT2D eigenvalue weighted by Gasteiger charge is -2.34. The smallest absolute Gasteiger partial charge is 0.228 e. The summed E-state index contributed by atoms with van der Waals surface area (Å²) in [5, 5.41) is 0. The average Bonchev–Trinajstić information content (AvgIpc) is 2.52. The molecule has 4 heteroatoms. The van der Waals surface area contributed by atoms with Crippen molar-refractivity contribution in [1.82, 2.24) is 4.90 Å². The molecular weight excluding hydrogens is 216 g/mol. The Kier molecular flexibility index (Phi) is 3.73. The summed E-state index contributed by atoms with van der Waals surface area (Å²) in [5.41, 5.74) is 5.93. The molecule has 2 N–H and O–H groups in total. The summed E-state index contributed by atoms with van der Waals surface area (Å²) in [6.07, 6.45) is 2.27. The Labute approximate surface area is 103 Å². The van der Waals surface area contributed by atoms with Gasteiger partial charge < -0.3 is 15.4 Å². The van der Waals surface area contributed by atoms with Crippen molar-refractivity contribution in [3.8, 4) is 0 Å². The second-order valence-electron chi connectivity index (χ2n) is 5.62. The number of amides is 1. The van der Waals surface area contributed by atoms with E-state index in [-0.39, 0.29) is 30.1 Å². The highest BCUT2D eigenvalue weighted by molar-refractivity contribution is 5.80. The molecule has 98 valence electrons. The topological polar surface area (TPSA) is 55.6 Å². The molecule has 0 spiro atoms. The molecule has 0 aliphatic carbocycles. The van der Waals surface area contributed by atoms with Crippen LogP contribution in [0.1, 0.15) is 33.6 Å². The summed E-state index contributed by atoms with van der Waals surface area (Å²) in [4.78, 5) is 14.4. The minimum absolute atomic E-state index is 0.00954. The molecule has 2 aliphatic rings. The van der Waals surface area contributed by atoms with E-state index in [9.17, 15) is 4.79 Å². The van der Waals surface area contributed by atoms with Crippen LogP contribution in [0, 0.1) is 11.8 Å². The van der Waals surface area contributed by atoms with Gasteiger partial charge in [0.15, 0.2) is 0 Å². The molecule has 0 aromatic heterocycles. The molecule has 0 radical (unpaired) electrons. The number of hydrogen-bond donors (Lipinski definition) is 1. The van der Waals surface area contributed by atoms with Crippen LogP contribution in [0.3, 0.4) is 0 Å². The van der Waals surface area contributed by atoms with E-state index in [0.29, 0.717) is 12.5 Å². The SMILES string of the molecule is CC1OC(C)C(C(=O)N2CCCC(N)C2)C1C. The fourth-order valence-corrected chi connectivity index (χ4v) is 3.11. The number of likely N-dealkylation sites (tertiary alicyclic amines) is 1. The van der Waals surface area contributed by atoms with Crippen LogP contribution in [0.4, 0.5) is 0 Å². The van der Waals surface area contributed by atoms with Gasteiger partial charge >= 0.3 is 0 Å². The van der Waals surface area contributed by atoms with Crippen molar-refractivity contribution in [3.63, 3.8) is 0 Å². The van der Waals surface area contributed by atoms with Crippen molar-refractivity contribution in [3.05, 3.63) is 0 Å². The molecule has 0 bridgehead atoms. The monoisotopic (exact) mass is 240 g/mol. The molecule has 2 rings (SSSR count). The molecule has 4 nitrogen and oxygen atoms in total. The Morgan fingerprint density at radius 2 is 2.00 bits per heavy atom. The summed E-state index contributed by atoms with van der Waals surface area (Å²) in [7, 11) is 0. The molecule has 0 saturated carbocycles. The summed E-state index contributed by atoms with van der Waals surface area (Å²) in [5.74, 6) is 0.551. The predicted molar refractivity (Wildman–Crippen MR) is 66.5 cm³/mol. The predicted octanol–water partition coefficient (Wildman–Crippen LogP) is 0.996. The van der Waals surface area contributed by atoms with E-state index in [0.717, 1.165) is 19.4 Å². The van der Waals surface area contributed by atoms with Crippen molar-refractivity contribution in [2.45, 2.75) is 51.9 Å². The minimum atomic E-state index is 0.00954. The van der Waals surface area contributed by atoms with Gasteiger partial charge in [-0.25, -0.2) is 0 Å². The molecule has 0 aromatic carbocycles. The molecule has 2 heterocycles. The first-order valence-electron chi connectivity index (χ1n) is 6.70. The lowest BCUT2D eigenvalue weighted by molar-refractivity contribution is -0.139. The number of nitrogens with two attached hydrogens (primary N) is 1. The Morgan fingerprint density at radius 3 is 2.53 bits per heavy atom. The lowest BCUT2D eigenvalue weighted by Crippen LogP contribution is -2.49. The van der Waals surface area contributed by atoms with E-state index >= 15 is 0 Å². The Hall–Kier alpha value is -0.610. The van der Waals surface area contributed by atoms with Gasteiger partial charge in [0.25, 0.3) is 0 Å². The van der Waals surface area contributed by atoms with E-state index in [2.05, 4.69) is 13.8 Å². The van der Waals surface area contributed by atoms with Crippen LogP contribution in [0.2, 0.25) is 0 Å². The highest BCUT2D eigenvalue weighted by Crippen LogP contribution is 2.33. The van der Waals surface area contributed by atoms with Gasteiger partial charge in [0.2, 0.25) is 5.91 Å². The van der Waals surface area contributed by atoms with Gasteiger partial charge in [-0.2, -0.15) is 0 Å². The standard InChI is InChI=1S/C13H24N2O2/c1-8-9(2)17-10(3)12(8)13(16)15-6-4-5-11(14)7-15/h8-12H,4-7,14H2,1-3H3. The number of carbonyl (C=O) groups is 1. The van der Waals surface area contributed by atoms with Gasteiger partial charge in [-0.1, -0.05) is 6.92 Å². The van der Waals surface area contributed by atoms with E-state index in [1.807, 2.05) is 11.8 Å². The summed E-state index contributed by atoms with van der Waals surface area (Å²) in [6.45, 7) is 7.74. The van der Waals surface area contributed by atoms with Crippen LogP contribution in [0.5, 0.6) is 0 Å². The van der Waals surface area contributed by atoms with E-state index in [4.69, 9.17) is 10.5 Å². The highest BCUT2D eigenvalue weighted by Gasteiger charge is 2.43. The molecule has 2 saturated heterocycles. The number of rotatable bonds is 1. The zero-order chi connectivity index (χ0) is 12.6. The van der Waals surface area contributed by atoms with Crippen LogP contribution in [-0.4, -0.2) is 42.1 Å². The highest BCUT2D eigenvalue weighted by atomic mass is 16.5. The maximum Gasteiger partial charge on any atom is 0.228 e. The van der Waals surface area contributed by atoms with Crippen molar-refractivity contribution in [2.75, 3.05) is 13.1 Å². The molecule has 5 unspecified atom stereocenters. The molecule has 2 fully saturated rings. The Morgan fingerprint density at radius 1 is 1.29 bits per heavy atom. The van der Waals surface area contributed by atoms with E-state index < -0.39 is 0 Å². The van der Waals surface area contributed by atoms with Gasteiger partial charge in [0.1, 0.15) is 0 Å². The van der Waals surface area contributed by atoms with Crippen LogP contribution in [-0.2, 0) is 9.53 Å². The lowest BCUT2D eigenvalue weighted by atomic mass is 9.87. The maximum absolute atomic E-state index is 12.5. The molecular formula is C13H24N2O2. The van der Waals surface area contributed by atoms with Gasteiger partial charge in [-0.15, -0.1) is 0 Å². The van der Waals surface area contributed by atoms with E-state index in [1.165, 1.54) is 0 Å². The third kappa shape index (κ3) is 2.47. The van der Waals surface area contributed by atoms with Crippen molar-refractivity contribution >= 4 is 5.91 Å². The fourth-order valence-electron chi connectivity index (χ4n) is 3.11. The van der Waals surface area contributed by atoms with Crippen LogP contribution in [0.15, 0.2) is 0 Å².